The van der Waals surface area contributed by atoms with Crippen LogP contribution in [0.25, 0.3) is 0 Å². The van der Waals surface area contributed by atoms with Crippen LogP contribution in [0, 0.1) is 0 Å². The molecule has 0 radical (unpaired) electrons. The SMILES string of the molecule is CCNC(=NCC1(N2CCCC2)CCOCC1)NC(C)c1ccc(Cl)c(Cl)c1. The summed E-state index contributed by atoms with van der Waals surface area (Å²) < 4.78 is 5.65. The molecule has 156 valence electrons. The van der Waals surface area contributed by atoms with Crippen molar-refractivity contribution in [3.05, 3.63) is 33.8 Å². The van der Waals surface area contributed by atoms with E-state index in [1.165, 1.54) is 25.9 Å². The summed E-state index contributed by atoms with van der Waals surface area (Å²) in [5.74, 6) is 0.839. The summed E-state index contributed by atoms with van der Waals surface area (Å²) in [4.78, 5) is 7.64. The van der Waals surface area contributed by atoms with Gasteiger partial charge in [-0.3, -0.25) is 9.89 Å². The lowest BCUT2D eigenvalue weighted by Crippen LogP contribution is -2.54. The van der Waals surface area contributed by atoms with Gasteiger partial charge in [0.25, 0.3) is 0 Å². The van der Waals surface area contributed by atoms with Gasteiger partial charge in [-0.2, -0.15) is 0 Å². The van der Waals surface area contributed by atoms with Crippen molar-refractivity contribution in [1.29, 1.82) is 0 Å². The quantitative estimate of drug-likeness (QED) is 0.526. The van der Waals surface area contributed by atoms with Gasteiger partial charge >= 0.3 is 0 Å². The van der Waals surface area contributed by atoms with Gasteiger partial charge in [0.15, 0.2) is 5.96 Å². The number of rotatable bonds is 6. The molecule has 1 unspecified atom stereocenters. The molecule has 0 aliphatic carbocycles. The minimum atomic E-state index is 0.0741. The Bertz CT molecular complexity index is 670. The zero-order valence-electron chi connectivity index (χ0n) is 16.9. The number of likely N-dealkylation sites (tertiary alicyclic amines) is 1. The number of aliphatic imine (C=N–C) groups is 1. The number of guanidine groups is 1. The highest BCUT2D eigenvalue weighted by Gasteiger charge is 2.39. The van der Waals surface area contributed by atoms with Gasteiger partial charge in [-0.15, -0.1) is 0 Å². The first-order valence-corrected chi connectivity index (χ1v) is 11.1. The molecule has 28 heavy (non-hydrogen) atoms. The summed E-state index contributed by atoms with van der Waals surface area (Å²) >= 11 is 12.2. The topological polar surface area (TPSA) is 48.9 Å². The van der Waals surface area contributed by atoms with E-state index in [0.717, 1.165) is 50.7 Å². The van der Waals surface area contributed by atoms with E-state index in [2.05, 4.69) is 29.4 Å². The van der Waals surface area contributed by atoms with E-state index < -0.39 is 0 Å². The molecular weight excluding hydrogens is 395 g/mol. The average Bonchev–Trinajstić information content (AvgIpc) is 3.25. The minimum absolute atomic E-state index is 0.0741. The van der Waals surface area contributed by atoms with Gasteiger partial charge in [-0.1, -0.05) is 29.3 Å². The average molecular weight is 427 g/mol. The molecule has 2 aliphatic rings. The normalized spacial score (nSPS) is 21.5. The van der Waals surface area contributed by atoms with Crippen molar-refractivity contribution in [1.82, 2.24) is 15.5 Å². The molecular formula is C21H32Cl2N4O. The lowest BCUT2D eigenvalue weighted by molar-refractivity contribution is -0.0139. The fraction of sp³-hybridized carbons (Fsp3) is 0.667. The second-order valence-electron chi connectivity index (χ2n) is 7.77. The molecule has 0 aromatic heterocycles. The highest BCUT2D eigenvalue weighted by Crippen LogP contribution is 2.32. The molecule has 2 fully saturated rings. The zero-order valence-corrected chi connectivity index (χ0v) is 18.5. The summed E-state index contributed by atoms with van der Waals surface area (Å²) in [7, 11) is 0. The Morgan fingerprint density at radius 3 is 2.57 bits per heavy atom. The van der Waals surface area contributed by atoms with Crippen molar-refractivity contribution < 1.29 is 4.74 Å². The molecule has 0 bridgehead atoms. The predicted molar refractivity (Wildman–Crippen MR) is 118 cm³/mol. The maximum Gasteiger partial charge on any atom is 0.191 e. The van der Waals surface area contributed by atoms with Crippen LogP contribution >= 0.6 is 23.2 Å². The first-order chi connectivity index (χ1) is 13.5. The Hall–Kier alpha value is -1.01. The lowest BCUT2D eigenvalue weighted by Gasteiger charge is -2.43. The third-order valence-corrected chi connectivity index (χ3v) is 6.61. The Morgan fingerprint density at radius 1 is 1.21 bits per heavy atom. The Kier molecular flexibility index (Phi) is 7.86. The number of ether oxygens (including phenoxy) is 1. The summed E-state index contributed by atoms with van der Waals surface area (Å²) in [6, 6.07) is 5.82. The highest BCUT2D eigenvalue weighted by molar-refractivity contribution is 6.42. The molecule has 1 aromatic rings. The van der Waals surface area contributed by atoms with Crippen LogP contribution in [-0.2, 0) is 4.74 Å². The molecule has 2 saturated heterocycles. The van der Waals surface area contributed by atoms with Crippen molar-refractivity contribution in [2.24, 2.45) is 4.99 Å². The second kappa shape index (κ2) is 10.1. The molecule has 2 N–H and O–H groups in total. The van der Waals surface area contributed by atoms with E-state index in [0.29, 0.717) is 10.0 Å². The van der Waals surface area contributed by atoms with Crippen LogP contribution in [-0.4, -0.2) is 55.8 Å². The van der Waals surface area contributed by atoms with Crippen LogP contribution in [0.15, 0.2) is 23.2 Å². The van der Waals surface area contributed by atoms with Crippen LogP contribution in [0.5, 0.6) is 0 Å². The highest BCUT2D eigenvalue weighted by atomic mass is 35.5. The Labute approximate surface area is 178 Å². The van der Waals surface area contributed by atoms with E-state index >= 15 is 0 Å². The van der Waals surface area contributed by atoms with Crippen molar-refractivity contribution in [2.75, 3.05) is 39.4 Å². The van der Waals surface area contributed by atoms with Gasteiger partial charge in [0.05, 0.1) is 22.6 Å². The molecule has 0 amide bonds. The summed E-state index contributed by atoms with van der Waals surface area (Å²) in [6.07, 6.45) is 4.69. The van der Waals surface area contributed by atoms with Gasteiger partial charge in [-0.05, 0) is 70.3 Å². The van der Waals surface area contributed by atoms with Crippen LogP contribution < -0.4 is 10.6 Å². The number of halogens is 2. The van der Waals surface area contributed by atoms with E-state index in [1.54, 1.807) is 0 Å². The van der Waals surface area contributed by atoms with E-state index in [1.807, 2.05) is 18.2 Å². The van der Waals surface area contributed by atoms with Gasteiger partial charge in [-0.25, -0.2) is 0 Å². The molecule has 3 rings (SSSR count). The number of hydrogen-bond acceptors (Lipinski definition) is 3. The maximum absolute atomic E-state index is 6.19. The largest absolute Gasteiger partial charge is 0.381 e. The molecule has 2 heterocycles. The fourth-order valence-electron chi connectivity index (χ4n) is 4.13. The molecule has 1 aromatic carbocycles. The van der Waals surface area contributed by atoms with Crippen LogP contribution in [0.1, 0.15) is 51.1 Å². The molecule has 5 nitrogen and oxygen atoms in total. The Balaban J connectivity index is 1.72. The number of nitrogens with one attached hydrogen (secondary N) is 2. The van der Waals surface area contributed by atoms with E-state index in [9.17, 15) is 0 Å². The third kappa shape index (κ3) is 5.32. The lowest BCUT2D eigenvalue weighted by atomic mass is 9.88. The Morgan fingerprint density at radius 2 is 1.93 bits per heavy atom. The van der Waals surface area contributed by atoms with Crippen molar-refractivity contribution >= 4 is 29.2 Å². The fourth-order valence-corrected chi connectivity index (χ4v) is 4.44. The maximum atomic E-state index is 6.19. The zero-order chi connectivity index (χ0) is 20.0. The van der Waals surface area contributed by atoms with Crippen LogP contribution in [0.4, 0.5) is 0 Å². The van der Waals surface area contributed by atoms with Gasteiger partial charge in [0.2, 0.25) is 0 Å². The van der Waals surface area contributed by atoms with Gasteiger partial charge in [0.1, 0.15) is 0 Å². The second-order valence-corrected chi connectivity index (χ2v) is 8.58. The molecule has 0 spiro atoms. The van der Waals surface area contributed by atoms with Crippen molar-refractivity contribution in [3.8, 4) is 0 Å². The third-order valence-electron chi connectivity index (χ3n) is 5.87. The summed E-state index contributed by atoms with van der Waals surface area (Å²) in [5, 5.41) is 8.05. The standard InChI is InChI=1S/C21H32Cl2N4O/c1-3-24-20(26-16(2)17-6-7-18(22)19(23)14-17)25-15-21(8-12-28-13-9-21)27-10-4-5-11-27/h6-7,14,16H,3-5,8-13,15H2,1-2H3,(H2,24,25,26). The molecule has 7 heteroatoms. The summed E-state index contributed by atoms with van der Waals surface area (Å²) in [5.41, 5.74) is 1.21. The molecule has 1 atom stereocenters. The first kappa shape index (κ1) is 21.7. The van der Waals surface area contributed by atoms with E-state index in [-0.39, 0.29) is 11.6 Å². The van der Waals surface area contributed by atoms with Crippen molar-refractivity contribution in [3.63, 3.8) is 0 Å². The number of hydrogen-bond donors (Lipinski definition) is 2. The van der Waals surface area contributed by atoms with Gasteiger partial charge in [0, 0.05) is 25.3 Å². The van der Waals surface area contributed by atoms with Crippen LogP contribution in [0.3, 0.4) is 0 Å². The monoisotopic (exact) mass is 426 g/mol. The van der Waals surface area contributed by atoms with Gasteiger partial charge < -0.3 is 15.4 Å². The number of benzene rings is 1. The predicted octanol–water partition coefficient (Wildman–Crippen LogP) is 4.25. The number of nitrogens with zero attached hydrogens (tertiary/aromatic N) is 2. The van der Waals surface area contributed by atoms with Crippen LogP contribution in [0.2, 0.25) is 10.0 Å². The first-order valence-electron chi connectivity index (χ1n) is 10.4. The van der Waals surface area contributed by atoms with Crippen molar-refractivity contribution in [2.45, 2.75) is 51.1 Å². The minimum Gasteiger partial charge on any atom is -0.381 e. The molecule has 0 saturated carbocycles. The summed E-state index contributed by atoms with van der Waals surface area (Å²) in [6.45, 7) is 9.83. The molecule has 2 aliphatic heterocycles. The smallest absolute Gasteiger partial charge is 0.191 e. The van der Waals surface area contributed by atoms with E-state index in [4.69, 9.17) is 32.9 Å².